The molecule has 392 valence electrons. The van der Waals surface area contributed by atoms with Gasteiger partial charge in [0.15, 0.2) is 0 Å². The van der Waals surface area contributed by atoms with Gasteiger partial charge in [0, 0.05) is 39.1 Å². The van der Waals surface area contributed by atoms with Gasteiger partial charge >= 0.3 is 0 Å². The van der Waals surface area contributed by atoms with Gasteiger partial charge in [-0.2, -0.15) is 0 Å². The minimum Gasteiger partial charge on any atom is -0.457 e. The number of hydrogen-bond donors (Lipinski definition) is 0. The minimum atomic E-state index is -0.673. The maximum absolute atomic E-state index is 6.85. The fourth-order valence-corrected chi connectivity index (χ4v) is 16.1. The lowest BCUT2D eigenvalue weighted by Crippen LogP contribution is -2.32. The molecular weight excluding hydrogens is 1020 g/mol. The first-order chi connectivity index (χ1) is 41.7. The summed E-state index contributed by atoms with van der Waals surface area (Å²) < 4.78 is 13.6. The Bertz CT molecular complexity index is 4750. The molecule has 0 atom stereocenters. The highest BCUT2D eigenvalue weighted by molar-refractivity contribution is 6.04. The van der Waals surface area contributed by atoms with Crippen molar-refractivity contribution in [2.75, 3.05) is 4.90 Å². The third kappa shape index (κ3) is 5.99. The largest absolute Gasteiger partial charge is 0.457 e. The van der Waals surface area contributed by atoms with Gasteiger partial charge in [0.2, 0.25) is 0 Å². The first-order valence-corrected chi connectivity index (χ1v) is 29.2. The topological polar surface area (TPSA) is 21.7 Å². The van der Waals surface area contributed by atoms with Crippen LogP contribution < -0.4 is 14.4 Å². The molecule has 84 heavy (non-hydrogen) atoms. The third-order valence-corrected chi connectivity index (χ3v) is 19.1. The van der Waals surface area contributed by atoms with Crippen molar-refractivity contribution >= 4 is 17.1 Å². The average molecular weight is 1070 g/mol. The lowest BCUT2D eigenvalue weighted by Gasteiger charge is -2.39. The van der Waals surface area contributed by atoms with Gasteiger partial charge in [-0.05, 0) is 126 Å². The number of anilines is 3. The molecule has 2 spiro atoms. The van der Waals surface area contributed by atoms with Gasteiger partial charge < -0.3 is 14.4 Å². The lowest BCUT2D eigenvalue weighted by atomic mass is 9.66. The number of rotatable bonds is 6. The monoisotopic (exact) mass is 1070 g/mol. The van der Waals surface area contributed by atoms with Crippen molar-refractivity contribution in [2.24, 2.45) is 0 Å². The van der Waals surface area contributed by atoms with Crippen molar-refractivity contribution in [2.45, 2.75) is 16.2 Å². The fourth-order valence-electron chi connectivity index (χ4n) is 16.1. The van der Waals surface area contributed by atoms with Crippen LogP contribution in [0.1, 0.15) is 66.8 Å². The Morgan fingerprint density at radius 3 is 1.13 bits per heavy atom. The zero-order chi connectivity index (χ0) is 55.1. The van der Waals surface area contributed by atoms with E-state index in [2.05, 4.69) is 314 Å². The van der Waals surface area contributed by atoms with Crippen molar-refractivity contribution in [3.63, 3.8) is 0 Å². The minimum absolute atomic E-state index is 0.571. The zero-order valence-corrected chi connectivity index (χ0v) is 45.7. The molecule has 0 saturated heterocycles. The first kappa shape index (κ1) is 47.0. The molecule has 5 aliphatic rings. The molecule has 13 aromatic rings. The van der Waals surface area contributed by atoms with E-state index in [1.165, 1.54) is 83.5 Å². The number of para-hydroxylation sites is 5. The zero-order valence-electron chi connectivity index (χ0n) is 45.7. The fraction of sp³-hybridized carbons (Fsp3) is 0.0370. The molecule has 0 bridgehead atoms. The van der Waals surface area contributed by atoms with Gasteiger partial charge in [-0.1, -0.05) is 261 Å². The molecular formula is C81H51NO2. The molecule has 3 heteroatoms. The van der Waals surface area contributed by atoms with E-state index in [4.69, 9.17) is 9.47 Å². The van der Waals surface area contributed by atoms with Gasteiger partial charge in [0.25, 0.3) is 0 Å². The highest BCUT2D eigenvalue weighted by Crippen LogP contribution is 2.67. The molecule has 0 aromatic heterocycles. The normalized spacial score (nSPS) is 14.7. The standard InChI is InChI=1S/C81H51NO2/c1-3-25-52(26-4-1)79(53-27-5-2-6-28-53)62-35-12-8-31-58(62)77-57(33-23-41-69(77)79)56-30-10-18-43-71(56)82(54-49-50-64-60(51-54)55-29-7-11-34-61(55)80(64)65-37-14-19-45-73(65)83-74-46-20-15-38-66(74)80)72-44-24-42-70-78(72)59-32-9-13-36-63(59)81(70)67-39-16-21-47-75(67)84-76-48-22-17-40-68(76)81/h1-51H. The second kappa shape index (κ2) is 17.6. The Labute approximate surface area is 488 Å². The number of hydrogen-bond acceptors (Lipinski definition) is 3. The van der Waals surface area contributed by atoms with Gasteiger partial charge in [-0.15, -0.1) is 0 Å². The van der Waals surface area contributed by atoms with Crippen molar-refractivity contribution in [3.8, 4) is 67.5 Å². The summed E-state index contributed by atoms with van der Waals surface area (Å²) in [5.41, 5.74) is 25.4. The summed E-state index contributed by atoms with van der Waals surface area (Å²) in [6.07, 6.45) is 0. The van der Waals surface area contributed by atoms with Crippen LogP contribution in [0.4, 0.5) is 17.1 Å². The predicted octanol–water partition coefficient (Wildman–Crippen LogP) is 20.1. The van der Waals surface area contributed by atoms with E-state index in [-0.39, 0.29) is 0 Å². The molecule has 2 heterocycles. The number of nitrogens with zero attached hydrogens (tertiary/aromatic N) is 1. The summed E-state index contributed by atoms with van der Waals surface area (Å²) >= 11 is 0. The molecule has 18 rings (SSSR count). The molecule has 0 fully saturated rings. The molecule has 0 N–H and O–H groups in total. The lowest BCUT2D eigenvalue weighted by molar-refractivity contribution is 0.436. The summed E-state index contributed by atoms with van der Waals surface area (Å²) in [5.74, 6) is 3.49. The van der Waals surface area contributed by atoms with Crippen LogP contribution in [0.25, 0.3) is 44.5 Å². The molecule has 0 amide bonds. The molecule has 3 aliphatic carbocycles. The van der Waals surface area contributed by atoms with E-state index in [1.54, 1.807) is 0 Å². The third-order valence-electron chi connectivity index (χ3n) is 19.1. The summed E-state index contributed by atoms with van der Waals surface area (Å²) in [4.78, 5) is 2.59. The Morgan fingerprint density at radius 2 is 0.571 bits per heavy atom. The molecule has 3 nitrogen and oxygen atoms in total. The average Bonchev–Trinajstić information content (AvgIpc) is 1.56. The van der Waals surface area contributed by atoms with Gasteiger partial charge in [-0.3, -0.25) is 0 Å². The SMILES string of the molecule is c1ccc(C2(c3ccccc3)c3ccccc3-c3c(-c4ccccc4N(c4ccc5c(c4)-c4ccccc4C54c5ccccc5Oc5ccccc54)c4cccc5c4-c4ccccc4C54c5ccccc5Oc5ccccc54)cccc32)cc1. The van der Waals surface area contributed by atoms with E-state index in [1.807, 2.05) is 0 Å². The van der Waals surface area contributed by atoms with Crippen molar-refractivity contribution in [1.29, 1.82) is 0 Å². The Kier molecular flexibility index (Phi) is 9.86. The first-order valence-electron chi connectivity index (χ1n) is 29.2. The predicted molar refractivity (Wildman–Crippen MR) is 339 cm³/mol. The maximum atomic E-state index is 6.85. The van der Waals surface area contributed by atoms with Crippen LogP contribution in [0.3, 0.4) is 0 Å². The summed E-state index contributed by atoms with van der Waals surface area (Å²) in [5, 5.41) is 0. The Hall–Kier alpha value is -10.7. The molecule has 13 aromatic carbocycles. The van der Waals surface area contributed by atoms with Crippen LogP contribution in [0.5, 0.6) is 23.0 Å². The van der Waals surface area contributed by atoms with Gasteiger partial charge in [0.05, 0.1) is 27.6 Å². The van der Waals surface area contributed by atoms with Crippen LogP contribution in [0, 0.1) is 0 Å². The van der Waals surface area contributed by atoms with Gasteiger partial charge in [-0.25, -0.2) is 0 Å². The van der Waals surface area contributed by atoms with Crippen molar-refractivity contribution in [3.05, 3.63) is 376 Å². The highest BCUT2D eigenvalue weighted by Gasteiger charge is 2.54. The molecule has 0 unspecified atom stereocenters. The van der Waals surface area contributed by atoms with Crippen LogP contribution in [-0.4, -0.2) is 0 Å². The van der Waals surface area contributed by atoms with Crippen LogP contribution >= 0.6 is 0 Å². The second-order valence-electron chi connectivity index (χ2n) is 22.8. The summed E-state index contributed by atoms with van der Waals surface area (Å²) in [6.45, 7) is 0. The molecule has 0 radical (unpaired) electrons. The second-order valence-corrected chi connectivity index (χ2v) is 22.8. The maximum Gasteiger partial charge on any atom is 0.132 e. The van der Waals surface area contributed by atoms with Crippen molar-refractivity contribution < 1.29 is 9.47 Å². The van der Waals surface area contributed by atoms with E-state index in [0.717, 1.165) is 67.9 Å². The van der Waals surface area contributed by atoms with E-state index >= 15 is 0 Å². The summed E-state index contributed by atoms with van der Waals surface area (Å²) in [6, 6.07) is 115. The van der Waals surface area contributed by atoms with E-state index < -0.39 is 16.2 Å². The highest BCUT2D eigenvalue weighted by atomic mass is 16.5. The molecule has 2 aliphatic heterocycles. The van der Waals surface area contributed by atoms with Gasteiger partial charge in [0.1, 0.15) is 23.0 Å². The number of ether oxygens (including phenoxy) is 2. The Morgan fingerprint density at radius 1 is 0.214 bits per heavy atom. The molecule has 0 saturated carbocycles. The quantitative estimate of drug-likeness (QED) is 0.166. The van der Waals surface area contributed by atoms with E-state index in [9.17, 15) is 0 Å². The summed E-state index contributed by atoms with van der Waals surface area (Å²) in [7, 11) is 0. The number of fused-ring (bicyclic) bond motifs is 21. The van der Waals surface area contributed by atoms with E-state index in [0.29, 0.717) is 0 Å². The van der Waals surface area contributed by atoms with Crippen LogP contribution in [-0.2, 0) is 16.2 Å². The number of benzene rings is 13. The Balaban J connectivity index is 0.942. The van der Waals surface area contributed by atoms with Crippen molar-refractivity contribution in [1.82, 2.24) is 0 Å². The van der Waals surface area contributed by atoms with Crippen LogP contribution in [0.15, 0.2) is 309 Å². The van der Waals surface area contributed by atoms with Crippen LogP contribution in [0.2, 0.25) is 0 Å². The smallest absolute Gasteiger partial charge is 0.132 e.